The van der Waals surface area contributed by atoms with Gasteiger partial charge in [-0.3, -0.25) is 0 Å². The predicted octanol–water partition coefficient (Wildman–Crippen LogP) is 4.57. The van der Waals surface area contributed by atoms with Gasteiger partial charge in [0.05, 0.1) is 7.11 Å². The molecule has 0 aliphatic heterocycles. The highest BCUT2D eigenvalue weighted by atomic mass is 19.1. The minimum Gasteiger partial charge on any atom is -0.494 e. The lowest BCUT2D eigenvalue weighted by molar-refractivity contribution is 0.386. The van der Waals surface area contributed by atoms with E-state index in [4.69, 9.17) is 4.74 Å². The second-order valence-electron chi connectivity index (χ2n) is 5.10. The number of rotatable bonds is 5. The van der Waals surface area contributed by atoms with E-state index >= 15 is 0 Å². The van der Waals surface area contributed by atoms with Crippen LogP contribution in [0.4, 0.5) is 10.1 Å². The van der Waals surface area contributed by atoms with Gasteiger partial charge < -0.3 is 10.1 Å². The highest BCUT2D eigenvalue weighted by Gasteiger charge is 2.04. The van der Waals surface area contributed by atoms with Crippen molar-refractivity contribution in [3.05, 3.63) is 59.4 Å². The third kappa shape index (κ3) is 3.50. The van der Waals surface area contributed by atoms with Gasteiger partial charge in [0.1, 0.15) is 0 Å². The molecule has 1 N–H and O–H groups in total. The fourth-order valence-electron chi connectivity index (χ4n) is 2.03. The van der Waals surface area contributed by atoms with Crippen LogP contribution in [-0.4, -0.2) is 7.11 Å². The van der Waals surface area contributed by atoms with Crippen molar-refractivity contribution in [1.82, 2.24) is 0 Å². The molecule has 0 saturated carbocycles. The normalized spacial score (nSPS) is 10.7. The number of nitrogens with one attached hydrogen (secondary N) is 1. The molecule has 0 aromatic heterocycles. The number of halogens is 1. The van der Waals surface area contributed by atoms with E-state index in [1.165, 1.54) is 18.7 Å². The van der Waals surface area contributed by atoms with E-state index in [9.17, 15) is 4.39 Å². The zero-order valence-corrected chi connectivity index (χ0v) is 12.1. The van der Waals surface area contributed by atoms with Crippen LogP contribution in [0.3, 0.4) is 0 Å². The monoisotopic (exact) mass is 273 g/mol. The van der Waals surface area contributed by atoms with Crippen LogP contribution < -0.4 is 10.1 Å². The lowest BCUT2D eigenvalue weighted by Crippen LogP contribution is -2.01. The standard InChI is InChI=1S/C17H20FNO/c1-12(2)14-5-4-6-15(10-14)19-11-13-7-8-17(20-3)16(18)9-13/h4-10,12,19H,11H2,1-3H3. The second-order valence-corrected chi connectivity index (χ2v) is 5.10. The molecule has 0 bridgehead atoms. The zero-order valence-electron chi connectivity index (χ0n) is 12.1. The lowest BCUT2D eigenvalue weighted by Gasteiger charge is -2.11. The molecule has 2 rings (SSSR count). The Balaban J connectivity index is 2.05. The molecule has 0 aliphatic rings. The largest absolute Gasteiger partial charge is 0.494 e. The summed E-state index contributed by atoms with van der Waals surface area (Å²) in [7, 11) is 1.47. The summed E-state index contributed by atoms with van der Waals surface area (Å²) >= 11 is 0. The maximum atomic E-state index is 13.6. The van der Waals surface area contributed by atoms with Gasteiger partial charge in [0, 0.05) is 12.2 Å². The molecule has 3 heteroatoms. The number of methoxy groups -OCH3 is 1. The molecule has 0 heterocycles. The maximum Gasteiger partial charge on any atom is 0.165 e. The second kappa shape index (κ2) is 6.42. The van der Waals surface area contributed by atoms with E-state index in [-0.39, 0.29) is 11.6 Å². The Morgan fingerprint density at radius 1 is 1.15 bits per heavy atom. The van der Waals surface area contributed by atoms with Gasteiger partial charge in [0.2, 0.25) is 0 Å². The molecular weight excluding hydrogens is 253 g/mol. The smallest absolute Gasteiger partial charge is 0.165 e. The Hall–Kier alpha value is -2.03. The molecule has 0 aliphatic carbocycles. The van der Waals surface area contributed by atoms with Crippen molar-refractivity contribution in [1.29, 1.82) is 0 Å². The lowest BCUT2D eigenvalue weighted by atomic mass is 10.0. The summed E-state index contributed by atoms with van der Waals surface area (Å²) in [4.78, 5) is 0. The minimum atomic E-state index is -0.331. The first-order valence-corrected chi connectivity index (χ1v) is 6.76. The molecule has 0 atom stereocenters. The molecule has 0 saturated heterocycles. The predicted molar refractivity (Wildman–Crippen MR) is 80.8 cm³/mol. The summed E-state index contributed by atoms with van der Waals surface area (Å²) in [6, 6.07) is 13.3. The molecule has 0 spiro atoms. The van der Waals surface area contributed by atoms with E-state index in [0.717, 1.165) is 11.3 Å². The Kier molecular flexibility index (Phi) is 4.61. The van der Waals surface area contributed by atoms with Crippen LogP contribution in [0.1, 0.15) is 30.9 Å². The van der Waals surface area contributed by atoms with Crippen LogP contribution in [0.25, 0.3) is 0 Å². The fraction of sp³-hybridized carbons (Fsp3) is 0.294. The third-order valence-electron chi connectivity index (χ3n) is 3.27. The molecule has 2 aromatic rings. The SMILES string of the molecule is COc1ccc(CNc2cccc(C(C)C)c2)cc1F. The molecule has 0 amide bonds. The van der Waals surface area contributed by atoms with Crippen LogP contribution >= 0.6 is 0 Å². The Morgan fingerprint density at radius 3 is 2.60 bits per heavy atom. The maximum absolute atomic E-state index is 13.6. The van der Waals surface area contributed by atoms with Gasteiger partial charge in [0.25, 0.3) is 0 Å². The van der Waals surface area contributed by atoms with Crippen molar-refractivity contribution in [2.75, 3.05) is 12.4 Å². The number of benzene rings is 2. The highest BCUT2D eigenvalue weighted by molar-refractivity contribution is 5.47. The van der Waals surface area contributed by atoms with Crippen molar-refractivity contribution in [3.8, 4) is 5.75 Å². The van der Waals surface area contributed by atoms with E-state index in [0.29, 0.717) is 12.5 Å². The minimum absolute atomic E-state index is 0.274. The molecule has 0 unspecified atom stereocenters. The first kappa shape index (κ1) is 14.4. The quantitative estimate of drug-likeness (QED) is 0.861. The summed E-state index contributed by atoms with van der Waals surface area (Å²) in [5, 5.41) is 3.31. The summed E-state index contributed by atoms with van der Waals surface area (Å²) in [6.45, 7) is 4.92. The average Bonchev–Trinajstić information content (AvgIpc) is 2.45. The van der Waals surface area contributed by atoms with Crippen molar-refractivity contribution < 1.29 is 9.13 Å². The van der Waals surface area contributed by atoms with Crippen molar-refractivity contribution >= 4 is 5.69 Å². The van der Waals surface area contributed by atoms with Crippen LogP contribution in [0, 0.1) is 5.82 Å². The van der Waals surface area contributed by atoms with Crippen LogP contribution in [0.2, 0.25) is 0 Å². The zero-order chi connectivity index (χ0) is 14.5. The first-order valence-electron chi connectivity index (χ1n) is 6.76. The van der Waals surface area contributed by atoms with Gasteiger partial charge in [0.15, 0.2) is 11.6 Å². The van der Waals surface area contributed by atoms with E-state index in [1.807, 2.05) is 18.2 Å². The number of hydrogen-bond acceptors (Lipinski definition) is 2. The van der Waals surface area contributed by atoms with Gasteiger partial charge in [-0.1, -0.05) is 32.0 Å². The molecule has 0 fully saturated rings. The molecule has 2 nitrogen and oxygen atoms in total. The van der Waals surface area contributed by atoms with Crippen LogP contribution in [0.15, 0.2) is 42.5 Å². The summed E-state index contributed by atoms with van der Waals surface area (Å²) in [6.07, 6.45) is 0. The van der Waals surface area contributed by atoms with E-state index in [1.54, 1.807) is 6.07 Å². The summed E-state index contributed by atoms with van der Waals surface area (Å²) in [5.74, 6) is 0.438. The van der Waals surface area contributed by atoms with Crippen molar-refractivity contribution in [2.24, 2.45) is 0 Å². The Bertz CT molecular complexity index is 581. The van der Waals surface area contributed by atoms with E-state index in [2.05, 4.69) is 31.3 Å². The van der Waals surface area contributed by atoms with Gasteiger partial charge in [-0.05, 0) is 41.3 Å². The molecule has 106 valence electrons. The topological polar surface area (TPSA) is 21.3 Å². The molecular formula is C17H20FNO. The van der Waals surface area contributed by atoms with Gasteiger partial charge >= 0.3 is 0 Å². The van der Waals surface area contributed by atoms with Crippen molar-refractivity contribution in [3.63, 3.8) is 0 Å². The van der Waals surface area contributed by atoms with Gasteiger partial charge in [-0.25, -0.2) is 4.39 Å². The molecule has 2 aromatic carbocycles. The summed E-state index contributed by atoms with van der Waals surface area (Å²) < 4.78 is 18.5. The van der Waals surface area contributed by atoms with Crippen LogP contribution in [-0.2, 0) is 6.54 Å². The Labute approximate surface area is 119 Å². The van der Waals surface area contributed by atoms with Crippen LogP contribution in [0.5, 0.6) is 5.75 Å². The summed E-state index contributed by atoms with van der Waals surface area (Å²) in [5.41, 5.74) is 3.22. The third-order valence-corrected chi connectivity index (χ3v) is 3.27. The van der Waals surface area contributed by atoms with Crippen molar-refractivity contribution in [2.45, 2.75) is 26.3 Å². The van der Waals surface area contributed by atoms with Gasteiger partial charge in [-0.15, -0.1) is 0 Å². The first-order chi connectivity index (χ1) is 9.60. The average molecular weight is 273 g/mol. The Morgan fingerprint density at radius 2 is 1.95 bits per heavy atom. The van der Waals surface area contributed by atoms with Gasteiger partial charge in [-0.2, -0.15) is 0 Å². The van der Waals surface area contributed by atoms with E-state index < -0.39 is 0 Å². The number of anilines is 1. The molecule has 20 heavy (non-hydrogen) atoms. The number of ether oxygens (including phenoxy) is 1. The highest BCUT2D eigenvalue weighted by Crippen LogP contribution is 2.21. The number of hydrogen-bond donors (Lipinski definition) is 1. The molecule has 0 radical (unpaired) electrons. The fourth-order valence-corrected chi connectivity index (χ4v) is 2.03.